The summed E-state index contributed by atoms with van der Waals surface area (Å²) in [6, 6.07) is 1.82. The van der Waals surface area contributed by atoms with Crippen molar-refractivity contribution >= 4 is 11.6 Å². The van der Waals surface area contributed by atoms with Gasteiger partial charge >= 0.3 is 0 Å². The fourth-order valence-electron chi connectivity index (χ4n) is 1.79. The van der Waals surface area contributed by atoms with Gasteiger partial charge in [0.25, 0.3) is 0 Å². The van der Waals surface area contributed by atoms with E-state index in [0.29, 0.717) is 17.7 Å². The van der Waals surface area contributed by atoms with Crippen LogP contribution in [0.25, 0.3) is 0 Å². The van der Waals surface area contributed by atoms with Crippen molar-refractivity contribution in [3.05, 3.63) is 22.7 Å². The van der Waals surface area contributed by atoms with Crippen molar-refractivity contribution in [3.8, 4) is 0 Å². The Balaban J connectivity index is 2.25. The van der Waals surface area contributed by atoms with E-state index in [1.54, 1.807) is 0 Å². The Morgan fingerprint density at radius 2 is 2.19 bits per heavy atom. The van der Waals surface area contributed by atoms with Gasteiger partial charge in [0.2, 0.25) is 0 Å². The fourth-order valence-corrected chi connectivity index (χ4v) is 2.00. The van der Waals surface area contributed by atoms with Crippen LogP contribution in [0.15, 0.2) is 6.07 Å². The first-order valence-corrected chi connectivity index (χ1v) is 6.27. The van der Waals surface area contributed by atoms with Crippen LogP contribution in [0.3, 0.4) is 0 Å². The number of aryl methyl sites for hydroxylation is 1. The first-order valence-electron chi connectivity index (χ1n) is 5.89. The summed E-state index contributed by atoms with van der Waals surface area (Å²) < 4.78 is 5.72. The number of aromatic nitrogens is 2. The van der Waals surface area contributed by atoms with E-state index in [9.17, 15) is 0 Å². The first-order chi connectivity index (χ1) is 7.74. The molecular weight excluding hydrogens is 224 g/mol. The van der Waals surface area contributed by atoms with E-state index >= 15 is 0 Å². The van der Waals surface area contributed by atoms with Gasteiger partial charge in [-0.15, -0.1) is 0 Å². The monoisotopic (exact) mass is 240 g/mol. The van der Waals surface area contributed by atoms with Gasteiger partial charge in [0.15, 0.2) is 5.82 Å². The molecule has 0 bridgehead atoms. The fraction of sp³-hybridized carbons (Fsp3) is 0.667. The zero-order valence-electron chi connectivity index (χ0n) is 9.74. The number of halogens is 1. The Labute approximate surface area is 101 Å². The predicted octanol–water partition coefficient (Wildman–Crippen LogP) is 3.18. The highest BCUT2D eigenvalue weighted by atomic mass is 35.5. The number of hydrogen-bond donors (Lipinski definition) is 0. The number of rotatable bonds is 5. The Bertz CT molecular complexity index is 366. The molecule has 1 saturated carbocycles. The molecule has 0 amide bonds. The van der Waals surface area contributed by atoms with Crippen LogP contribution in [0.5, 0.6) is 0 Å². The Kier molecular flexibility index (Phi) is 3.77. The molecule has 1 aromatic rings. The van der Waals surface area contributed by atoms with Crippen LogP contribution >= 0.6 is 11.6 Å². The van der Waals surface area contributed by atoms with Crippen LogP contribution in [0.4, 0.5) is 0 Å². The summed E-state index contributed by atoms with van der Waals surface area (Å²) in [5.74, 6) is 1.34. The molecule has 0 saturated heterocycles. The van der Waals surface area contributed by atoms with Crippen molar-refractivity contribution in [2.24, 2.45) is 5.92 Å². The topological polar surface area (TPSA) is 35.0 Å². The van der Waals surface area contributed by atoms with Crippen molar-refractivity contribution in [1.82, 2.24) is 9.97 Å². The van der Waals surface area contributed by atoms with E-state index in [0.717, 1.165) is 17.9 Å². The largest absolute Gasteiger partial charge is 0.370 e. The normalized spacial score (nSPS) is 17.4. The molecule has 3 nitrogen and oxygen atoms in total. The molecule has 0 spiro atoms. The maximum atomic E-state index is 5.99. The van der Waals surface area contributed by atoms with E-state index in [1.165, 1.54) is 12.8 Å². The third-order valence-electron chi connectivity index (χ3n) is 2.78. The average molecular weight is 241 g/mol. The summed E-state index contributed by atoms with van der Waals surface area (Å²) in [5.41, 5.74) is 0.986. The van der Waals surface area contributed by atoms with Crippen LogP contribution in [0.1, 0.15) is 44.3 Å². The molecule has 0 radical (unpaired) electrons. The molecule has 1 fully saturated rings. The van der Waals surface area contributed by atoms with Crippen LogP contribution < -0.4 is 0 Å². The van der Waals surface area contributed by atoms with Crippen molar-refractivity contribution in [2.75, 3.05) is 6.61 Å². The zero-order valence-corrected chi connectivity index (χ0v) is 10.5. The van der Waals surface area contributed by atoms with Gasteiger partial charge < -0.3 is 4.74 Å². The third-order valence-corrected chi connectivity index (χ3v) is 2.97. The van der Waals surface area contributed by atoms with Crippen molar-refractivity contribution in [3.63, 3.8) is 0 Å². The molecule has 4 heteroatoms. The van der Waals surface area contributed by atoms with Crippen LogP contribution in [0.2, 0.25) is 5.15 Å². The van der Waals surface area contributed by atoms with E-state index < -0.39 is 0 Å². The van der Waals surface area contributed by atoms with Gasteiger partial charge in [-0.2, -0.15) is 0 Å². The maximum absolute atomic E-state index is 5.99. The molecule has 1 aliphatic rings. The summed E-state index contributed by atoms with van der Waals surface area (Å²) in [5, 5.41) is 0.521. The van der Waals surface area contributed by atoms with Gasteiger partial charge in [0.1, 0.15) is 11.3 Å². The molecule has 1 atom stereocenters. The highest BCUT2D eigenvalue weighted by Crippen LogP contribution is 2.42. The highest BCUT2D eigenvalue weighted by Gasteiger charge is 2.35. The first kappa shape index (κ1) is 11.8. The molecule has 1 unspecified atom stereocenters. The van der Waals surface area contributed by atoms with E-state index in [-0.39, 0.29) is 6.10 Å². The summed E-state index contributed by atoms with van der Waals surface area (Å²) in [7, 11) is 0. The lowest BCUT2D eigenvalue weighted by Crippen LogP contribution is -2.12. The van der Waals surface area contributed by atoms with E-state index in [2.05, 4.69) is 16.9 Å². The SMILES string of the molecule is CCOC(c1nc(Cl)cc(CC)n1)C1CC1. The zero-order chi connectivity index (χ0) is 11.5. The minimum absolute atomic E-state index is 0.0361. The molecule has 2 rings (SSSR count). The standard InChI is InChI=1S/C12H17ClN2O/c1-3-9-7-10(13)15-12(14-9)11(16-4-2)8-5-6-8/h7-8,11H,3-6H2,1-2H3. The molecule has 1 aromatic heterocycles. The number of hydrogen-bond acceptors (Lipinski definition) is 3. The lowest BCUT2D eigenvalue weighted by molar-refractivity contribution is 0.0399. The lowest BCUT2D eigenvalue weighted by Gasteiger charge is -2.15. The van der Waals surface area contributed by atoms with Gasteiger partial charge in [0.05, 0.1) is 0 Å². The minimum Gasteiger partial charge on any atom is -0.370 e. The van der Waals surface area contributed by atoms with Gasteiger partial charge in [-0.3, -0.25) is 0 Å². The van der Waals surface area contributed by atoms with Crippen LogP contribution in [0, 0.1) is 5.92 Å². The van der Waals surface area contributed by atoms with Crippen LogP contribution in [-0.2, 0) is 11.2 Å². The van der Waals surface area contributed by atoms with Gasteiger partial charge in [0, 0.05) is 12.3 Å². The highest BCUT2D eigenvalue weighted by molar-refractivity contribution is 6.29. The summed E-state index contributed by atoms with van der Waals surface area (Å²) in [6.45, 7) is 4.76. The molecule has 1 heterocycles. The van der Waals surface area contributed by atoms with Crippen molar-refractivity contribution in [2.45, 2.75) is 39.2 Å². The quantitative estimate of drug-likeness (QED) is 0.742. The summed E-state index contributed by atoms with van der Waals surface area (Å²) in [4.78, 5) is 8.80. The minimum atomic E-state index is 0.0361. The van der Waals surface area contributed by atoms with Crippen LogP contribution in [-0.4, -0.2) is 16.6 Å². The Morgan fingerprint density at radius 1 is 1.44 bits per heavy atom. The molecule has 16 heavy (non-hydrogen) atoms. The summed E-state index contributed by atoms with van der Waals surface area (Å²) in [6.07, 6.45) is 3.33. The second kappa shape index (κ2) is 5.11. The molecule has 1 aliphatic carbocycles. The predicted molar refractivity (Wildman–Crippen MR) is 63.5 cm³/mol. The third kappa shape index (κ3) is 2.71. The molecule has 0 aromatic carbocycles. The van der Waals surface area contributed by atoms with Crippen molar-refractivity contribution in [1.29, 1.82) is 0 Å². The molecule has 0 N–H and O–H groups in total. The second-order valence-corrected chi connectivity index (χ2v) is 4.49. The Hall–Kier alpha value is -0.670. The smallest absolute Gasteiger partial charge is 0.159 e. The molecule has 88 valence electrons. The number of ether oxygens (including phenoxy) is 1. The van der Waals surface area contributed by atoms with Gasteiger partial charge in [-0.25, -0.2) is 9.97 Å². The summed E-state index contributed by atoms with van der Waals surface area (Å²) >= 11 is 5.99. The Morgan fingerprint density at radius 3 is 2.75 bits per heavy atom. The second-order valence-electron chi connectivity index (χ2n) is 4.11. The molecular formula is C12H17ClN2O. The average Bonchev–Trinajstić information content (AvgIpc) is 3.08. The lowest BCUT2D eigenvalue weighted by atomic mass is 10.2. The molecule has 0 aliphatic heterocycles. The van der Waals surface area contributed by atoms with E-state index in [4.69, 9.17) is 16.3 Å². The van der Waals surface area contributed by atoms with Gasteiger partial charge in [-0.1, -0.05) is 18.5 Å². The van der Waals surface area contributed by atoms with E-state index in [1.807, 2.05) is 13.0 Å². The number of nitrogens with zero attached hydrogens (tertiary/aromatic N) is 2. The van der Waals surface area contributed by atoms with Crippen molar-refractivity contribution < 1.29 is 4.74 Å². The van der Waals surface area contributed by atoms with Gasteiger partial charge in [-0.05, 0) is 38.2 Å². The maximum Gasteiger partial charge on any atom is 0.159 e.